The van der Waals surface area contributed by atoms with Crippen LogP contribution in [0.15, 0.2) is 30.3 Å². The Labute approximate surface area is 139 Å². The van der Waals surface area contributed by atoms with Crippen molar-refractivity contribution in [3.05, 3.63) is 35.2 Å². The highest BCUT2D eigenvalue weighted by molar-refractivity contribution is 7.29. The predicted octanol–water partition coefficient (Wildman–Crippen LogP) is 3.55. The summed E-state index contributed by atoms with van der Waals surface area (Å²) in [4.78, 5) is 27.8. The van der Waals surface area contributed by atoms with Gasteiger partial charge in [-0.25, -0.2) is 9.97 Å². The minimum atomic E-state index is -0.175. The van der Waals surface area contributed by atoms with Crippen molar-refractivity contribution in [3.63, 3.8) is 0 Å². The van der Waals surface area contributed by atoms with Crippen LogP contribution in [0.4, 0.5) is 11.1 Å². The fraction of sp³-hybridized carbons (Fsp3) is 0.133. The second-order valence-electron chi connectivity index (χ2n) is 5.23. The zero-order chi connectivity index (χ0) is 16.0. The Kier molecular flexibility index (Phi) is 3.28. The standard InChI is InChI=1S/C15H13N5OS2/c1-20(2)15-19-13-11(23-15)7-10(22-13)12(21)18-14-16-8-5-3-4-6-9(8)17-14/h3-7H,1-2H3,(H2,16,17,18,21). The maximum atomic E-state index is 12.4. The highest BCUT2D eigenvalue weighted by Crippen LogP contribution is 2.34. The molecule has 0 radical (unpaired) electrons. The minimum Gasteiger partial charge on any atom is -0.354 e. The number of hydrogen-bond acceptors (Lipinski definition) is 6. The third-order valence-corrected chi connectivity index (χ3v) is 5.63. The molecular weight excluding hydrogens is 330 g/mol. The van der Waals surface area contributed by atoms with E-state index in [1.54, 1.807) is 11.3 Å². The van der Waals surface area contributed by atoms with Crippen LogP contribution >= 0.6 is 22.7 Å². The van der Waals surface area contributed by atoms with Gasteiger partial charge in [0.05, 0.1) is 20.6 Å². The van der Waals surface area contributed by atoms with E-state index < -0.39 is 0 Å². The van der Waals surface area contributed by atoms with Crippen LogP contribution in [0.25, 0.3) is 20.6 Å². The molecule has 6 nitrogen and oxygen atoms in total. The molecule has 0 saturated heterocycles. The number of anilines is 2. The molecule has 0 fully saturated rings. The van der Waals surface area contributed by atoms with Crippen LogP contribution in [0, 0.1) is 0 Å². The number of imidazole rings is 1. The largest absolute Gasteiger partial charge is 0.354 e. The zero-order valence-electron chi connectivity index (χ0n) is 12.5. The lowest BCUT2D eigenvalue weighted by molar-refractivity contribution is 0.103. The van der Waals surface area contributed by atoms with E-state index in [4.69, 9.17) is 0 Å². The molecule has 0 unspecified atom stereocenters. The molecule has 0 spiro atoms. The van der Waals surface area contributed by atoms with Gasteiger partial charge < -0.3 is 9.88 Å². The van der Waals surface area contributed by atoms with Crippen molar-refractivity contribution in [1.29, 1.82) is 0 Å². The molecule has 3 heterocycles. The van der Waals surface area contributed by atoms with Crippen molar-refractivity contribution >= 4 is 60.2 Å². The first-order valence-electron chi connectivity index (χ1n) is 6.94. The molecule has 2 N–H and O–H groups in total. The molecule has 0 aliphatic carbocycles. The monoisotopic (exact) mass is 343 g/mol. The number of H-pyrrole nitrogens is 1. The number of rotatable bonds is 3. The van der Waals surface area contributed by atoms with Crippen LogP contribution in [0.3, 0.4) is 0 Å². The van der Waals surface area contributed by atoms with Crippen molar-refractivity contribution in [1.82, 2.24) is 15.0 Å². The summed E-state index contributed by atoms with van der Waals surface area (Å²) < 4.78 is 1.02. The number of benzene rings is 1. The summed E-state index contributed by atoms with van der Waals surface area (Å²) in [6.45, 7) is 0. The first-order chi connectivity index (χ1) is 11.1. The van der Waals surface area contributed by atoms with Gasteiger partial charge in [-0.2, -0.15) is 0 Å². The van der Waals surface area contributed by atoms with E-state index in [1.165, 1.54) is 11.3 Å². The van der Waals surface area contributed by atoms with Crippen LogP contribution in [0.1, 0.15) is 9.67 Å². The van der Waals surface area contributed by atoms with Gasteiger partial charge in [-0.05, 0) is 18.2 Å². The average molecular weight is 343 g/mol. The molecule has 0 bridgehead atoms. The van der Waals surface area contributed by atoms with Gasteiger partial charge in [-0.15, -0.1) is 11.3 Å². The number of thiazole rings is 1. The molecular formula is C15H13N5OS2. The second-order valence-corrected chi connectivity index (χ2v) is 7.27. The summed E-state index contributed by atoms with van der Waals surface area (Å²) in [5.41, 5.74) is 1.72. The Morgan fingerprint density at radius 1 is 1.22 bits per heavy atom. The van der Waals surface area contributed by atoms with Gasteiger partial charge in [0.2, 0.25) is 5.95 Å². The summed E-state index contributed by atoms with van der Waals surface area (Å²) in [5.74, 6) is 0.278. The third-order valence-electron chi connectivity index (χ3n) is 3.31. The van der Waals surface area contributed by atoms with E-state index in [0.29, 0.717) is 10.8 Å². The summed E-state index contributed by atoms with van der Waals surface area (Å²) in [6.07, 6.45) is 0. The smallest absolute Gasteiger partial charge is 0.268 e. The van der Waals surface area contributed by atoms with E-state index in [-0.39, 0.29) is 5.91 Å². The summed E-state index contributed by atoms with van der Waals surface area (Å²) in [7, 11) is 3.91. The number of aromatic amines is 1. The first kappa shape index (κ1) is 14.2. The molecule has 4 rings (SSSR count). The maximum Gasteiger partial charge on any atom is 0.268 e. The number of carbonyl (C=O) groups is 1. The Morgan fingerprint density at radius 2 is 2.04 bits per heavy atom. The van der Waals surface area contributed by atoms with Crippen LogP contribution in [0.2, 0.25) is 0 Å². The molecule has 8 heteroatoms. The number of aromatic nitrogens is 3. The first-order valence-corrected chi connectivity index (χ1v) is 8.57. The number of hydrogen-bond donors (Lipinski definition) is 2. The fourth-order valence-corrected chi connectivity index (χ4v) is 4.24. The van der Waals surface area contributed by atoms with Gasteiger partial charge >= 0.3 is 0 Å². The molecule has 4 aromatic rings. The van der Waals surface area contributed by atoms with Crippen molar-refractivity contribution < 1.29 is 4.79 Å². The van der Waals surface area contributed by atoms with Gasteiger partial charge in [0.25, 0.3) is 5.91 Å². The number of carbonyl (C=O) groups excluding carboxylic acids is 1. The lowest BCUT2D eigenvalue weighted by Gasteiger charge is -2.04. The minimum absolute atomic E-state index is 0.175. The summed E-state index contributed by atoms with van der Waals surface area (Å²) in [6, 6.07) is 9.54. The number of fused-ring (bicyclic) bond motifs is 2. The Morgan fingerprint density at radius 3 is 2.78 bits per heavy atom. The van der Waals surface area contributed by atoms with Crippen molar-refractivity contribution in [2.45, 2.75) is 0 Å². The molecule has 116 valence electrons. The van der Waals surface area contributed by atoms with Crippen LogP contribution in [0.5, 0.6) is 0 Å². The molecule has 23 heavy (non-hydrogen) atoms. The lowest BCUT2D eigenvalue weighted by atomic mass is 10.3. The van der Waals surface area contributed by atoms with Gasteiger partial charge in [0.15, 0.2) is 5.13 Å². The normalized spacial score (nSPS) is 11.2. The number of nitrogens with one attached hydrogen (secondary N) is 2. The quantitative estimate of drug-likeness (QED) is 0.596. The van der Waals surface area contributed by atoms with E-state index in [1.807, 2.05) is 49.3 Å². The molecule has 3 aromatic heterocycles. The van der Waals surface area contributed by atoms with Crippen LogP contribution in [-0.4, -0.2) is 35.0 Å². The molecule has 1 aromatic carbocycles. The molecule has 0 saturated carbocycles. The van der Waals surface area contributed by atoms with E-state index in [0.717, 1.165) is 25.7 Å². The predicted molar refractivity (Wildman–Crippen MR) is 95.9 cm³/mol. The van der Waals surface area contributed by atoms with E-state index in [9.17, 15) is 4.79 Å². The highest BCUT2D eigenvalue weighted by atomic mass is 32.1. The Hall–Kier alpha value is -2.45. The van der Waals surface area contributed by atoms with E-state index >= 15 is 0 Å². The van der Waals surface area contributed by atoms with Crippen LogP contribution in [-0.2, 0) is 0 Å². The number of thiophene rings is 1. The Bertz CT molecular complexity index is 949. The maximum absolute atomic E-state index is 12.4. The van der Waals surface area contributed by atoms with Gasteiger partial charge in [-0.3, -0.25) is 10.1 Å². The van der Waals surface area contributed by atoms with Crippen molar-refractivity contribution in [2.75, 3.05) is 24.3 Å². The van der Waals surface area contributed by atoms with Gasteiger partial charge in [0.1, 0.15) is 4.83 Å². The summed E-state index contributed by atoms with van der Waals surface area (Å²) >= 11 is 2.96. The third kappa shape index (κ3) is 2.55. The summed E-state index contributed by atoms with van der Waals surface area (Å²) in [5, 5.41) is 3.75. The molecule has 0 atom stereocenters. The Balaban J connectivity index is 1.59. The highest BCUT2D eigenvalue weighted by Gasteiger charge is 2.16. The number of amides is 1. The number of nitrogens with zero attached hydrogens (tertiary/aromatic N) is 3. The average Bonchev–Trinajstić information content (AvgIpc) is 3.18. The van der Waals surface area contributed by atoms with Crippen molar-refractivity contribution in [3.8, 4) is 0 Å². The number of para-hydroxylation sites is 2. The van der Waals surface area contributed by atoms with Crippen LogP contribution < -0.4 is 10.2 Å². The van der Waals surface area contributed by atoms with Crippen molar-refractivity contribution in [2.24, 2.45) is 0 Å². The topological polar surface area (TPSA) is 73.9 Å². The van der Waals surface area contributed by atoms with Gasteiger partial charge in [-0.1, -0.05) is 23.5 Å². The molecule has 1 amide bonds. The molecule has 0 aliphatic rings. The van der Waals surface area contributed by atoms with Gasteiger partial charge in [0, 0.05) is 14.1 Å². The second kappa shape index (κ2) is 5.32. The molecule has 0 aliphatic heterocycles. The lowest BCUT2D eigenvalue weighted by Crippen LogP contribution is -2.11. The SMILES string of the molecule is CN(C)c1nc2sc(C(=O)Nc3nc4ccccc4[nH]3)cc2s1. The fourth-order valence-electron chi connectivity index (χ4n) is 2.21. The van der Waals surface area contributed by atoms with E-state index in [2.05, 4.69) is 20.3 Å². The zero-order valence-corrected chi connectivity index (χ0v) is 14.1.